The Bertz CT molecular complexity index is 1580. The lowest BCUT2D eigenvalue weighted by molar-refractivity contribution is 0.0503. The van der Waals surface area contributed by atoms with Crippen molar-refractivity contribution < 1.29 is 32.9 Å². The normalized spacial score (nSPS) is 15.0. The lowest BCUT2D eigenvalue weighted by Crippen LogP contribution is -2.40. The molecule has 1 fully saturated rings. The summed E-state index contributed by atoms with van der Waals surface area (Å²) < 4.78 is 39.2. The molecular weight excluding hydrogens is 559 g/mol. The predicted octanol–water partition coefficient (Wildman–Crippen LogP) is 4.44. The molecule has 43 heavy (non-hydrogen) atoms. The number of halogens is 1. The summed E-state index contributed by atoms with van der Waals surface area (Å²) in [5.74, 6) is -0.252. The molecule has 3 heterocycles. The first-order valence-electron chi connectivity index (χ1n) is 14.3. The van der Waals surface area contributed by atoms with E-state index in [1.807, 2.05) is 6.07 Å². The van der Waals surface area contributed by atoms with E-state index in [2.05, 4.69) is 10.3 Å². The summed E-state index contributed by atoms with van der Waals surface area (Å²) in [6.07, 6.45) is 1.59. The summed E-state index contributed by atoms with van der Waals surface area (Å²) in [6, 6.07) is 5.02. The monoisotopic (exact) mass is 598 g/mol. The van der Waals surface area contributed by atoms with E-state index in [1.54, 1.807) is 63.3 Å². The number of rotatable bonds is 9. The van der Waals surface area contributed by atoms with Gasteiger partial charge in [-0.05, 0) is 52.7 Å². The van der Waals surface area contributed by atoms with Crippen LogP contribution in [0.1, 0.15) is 62.5 Å². The number of carbonyl (C=O) groups is 2. The van der Waals surface area contributed by atoms with Crippen molar-refractivity contribution in [3.63, 3.8) is 0 Å². The number of fused-ring (bicyclic) bond motifs is 1. The number of anilines is 1. The van der Waals surface area contributed by atoms with Gasteiger partial charge in [0.1, 0.15) is 28.3 Å². The second-order valence-electron chi connectivity index (χ2n) is 11.3. The maximum Gasteiger partial charge on any atom is 0.407 e. The molecule has 4 rings (SSSR count). The minimum atomic E-state index is -0.799. The van der Waals surface area contributed by atoms with E-state index in [9.17, 15) is 14.4 Å². The molecule has 0 radical (unpaired) electrons. The van der Waals surface area contributed by atoms with E-state index in [1.165, 1.54) is 13.3 Å². The third kappa shape index (κ3) is 6.84. The van der Waals surface area contributed by atoms with Gasteiger partial charge in [0.15, 0.2) is 11.6 Å². The number of methoxy groups -OCH3 is 2. The zero-order valence-electron chi connectivity index (χ0n) is 25.7. The van der Waals surface area contributed by atoms with E-state index < -0.39 is 28.9 Å². The number of nitrogens with zero attached hydrogens (tertiary/aromatic N) is 3. The molecule has 232 valence electrons. The molecule has 11 nitrogen and oxygen atoms in total. The van der Waals surface area contributed by atoms with Crippen molar-refractivity contribution in [2.45, 2.75) is 65.6 Å². The largest absolute Gasteiger partial charge is 0.497 e. The molecule has 2 aromatic heterocycles. The summed E-state index contributed by atoms with van der Waals surface area (Å²) in [5, 5.41) is 2.86. The van der Waals surface area contributed by atoms with Gasteiger partial charge in [-0.15, -0.1) is 0 Å². The number of nitrogens with one attached hydrogen (secondary N) is 1. The van der Waals surface area contributed by atoms with Gasteiger partial charge in [0, 0.05) is 36.5 Å². The van der Waals surface area contributed by atoms with E-state index in [0.29, 0.717) is 31.0 Å². The molecule has 0 aliphatic carbocycles. The van der Waals surface area contributed by atoms with Crippen molar-refractivity contribution >= 4 is 28.9 Å². The Morgan fingerprint density at radius 2 is 1.91 bits per heavy atom. The number of hydrogen-bond donors (Lipinski definition) is 1. The summed E-state index contributed by atoms with van der Waals surface area (Å²) >= 11 is 0. The summed E-state index contributed by atoms with van der Waals surface area (Å²) in [6.45, 7) is 9.68. The van der Waals surface area contributed by atoms with Crippen LogP contribution in [0.3, 0.4) is 0 Å². The van der Waals surface area contributed by atoms with Crippen molar-refractivity contribution in [1.82, 2.24) is 14.9 Å². The van der Waals surface area contributed by atoms with E-state index in [0.717, 1.165) is 5.56 Å². The maximum atomic E-state index is 16.2. The van der Waals surface area contributed by atoms with Crippen molar-refractivity contribution in [2.24, 2.45) is 0 Å². The number of esters is 1. The minimum Gasteiger partial charge on any atom is -0.497 e. The smallest absolute Gasteiger partial charge is 0.407 e. The van der Waals surface area contributed by atoms with E-state index >= 15 is 4.39 Å². The predicted molar refractivity (Wildman–Crippen MR) is 160 cm³/mol. The quantitative estimate of drug-likeness (QED) is 0.356. The second-order valence-corrected chi connectivity index (χ2v) is 11.3. The van der Waals surface area contributed by atoms with Gasteiger partial charge in [-0.2, -0.15) is 0 Å². The van der Waals surface area contributed by atoms with Gasteiger partial charge in [-0.1, -0.05) is 6.92 Å². The van der Waals surface area contributed by atoms with Gasteiger partial charge in [0.05, 0.1) is 38.8 Å². The molecule has 0 saturated carbocycles. The minimum absolute atomic E-state index is 0.0180. The van der Waals surface area contributed by atoms with Crippen molar-refractivity contribution in [3.05, 3.63) is 57.1 Å². The van der Waals surface area contributed by atoms with Crippen LogP contribution in [0.15, 0.2) is 29.2 Å². The fourth-order valence-corrected chi connectivity index (χ4v) is 5.17. The van der Waals surface area contributed by atoms with Gasteiger partial charge in [0.25, 0.3) is 0 Å². The van der Waals surface area contributed by atoms with Gasteiger partial charge >= 0.3 is 12.1 Å². The van der Waals surface area contributed by atoms with Crippen molar-refractivity contribution in [1.29, 1.82) is 0 Å². The standard InChI is InChI=1S/C31H39FN4O7/c1-8-21-24-26(37)22(29(38)42-9-2)17-36(15-18-10-11-20(40-6)14-23(18)41-7)27(24)34-28(25(21)32)35-13-12-19(16-35)33-30(39)43-31(3,4)5/h10-11,14,17,19H,8-9,12-13,15-16H2,1-7H3,(H,33,39). The van der Waals surface area contributed by atoms with Crippen LogP contribution in [-0.4, -0.2) is 67.2 Å². The molecule has 12 heteroatoms. The van der Waals surface area contributed by atoms with Gasteiger partial charge < -0.3 is 33.7 Å². The molecule has 1 aromatic carbocycles. The Morgan fingerprint density at radius 1 is 1.16 bits per heavy atom. The molecular formula is C31H39FN4O7. The Morgan fingerprint density at radius 3 is 2.53 bits per heavy atom. The first-order valence-corrected chi connectivity index (χ1v) is 14.3. The Hall–Kier alpha value is -4.35. The van der Waals surface area contributed by atoms with Gasteiger partial charge in [-0.25, -0.2) is 19.0 Å². The summed E-state index contributed by atoms with van der Waals surface area (Å²) in [5.41, 5.74) is -0.428. The maximum absolute atomic E-state index is 16.2. The van der Waals surface area contributed by atoms with Crippen LogP contribution in [0, 0.1) is 5.82 Å². The number of ether oxygens (including phenoxy) is 4. The number of benzene rings is 1. The van der Waals surface area contributed by atoms with Crippen molar-refractivity contribution in [3.8, 4) is 11.5 Å². The van der Waals surface area contributed by atoms with Crippen LogP contribution in [0.25, 0.3) is 11.0 Å². The number of amides is 1. The number of alkyl carbamates (subject to hydrolysis) is 1. The van der Waals surface area contributed by atoms with E-state index in [-0.39, 0.29) is 53.6 Å². The average molecular weight is 599 g/mol. The molecule has 1 amide bonds. The van der Waals surface area contributed by atoms with Gasteiger partial charge in [0.2, 0.25) is 5.43 Å². The summed E-state index contributed by atoms with van der Waals surface area (Å²) in [4.78, 5) is 45.3. The first-order chi connectivity index (χ1) is 20.4. The van der Waals surface area contributed by atoms with E-state index in [4.69, 9.17) is 18.9 Å². The number of aryl methyl sites for hydroxylation is 1. The average Bonchev–Trinajstić information content (AvgIpc) is 3.41. The molecule has 1 unspecified atom stereocenters. The molecule has 1 atom stereocenters. The third-order valence-corrected chi connectivity index (χ3v) is 7.12. The number of carbonyl (C=O) groups excluding carboxylic acids is 2. The summed E-state index contributed by atoms with van der Waals surface area (Å²) in [7, 11) is 3.08. The fraction of sp³-hybridized carbons (Fsp3) is 0.484. The lowest BCUT2D eigenvalue weighted by Gasteiger charge is -2.23. The highest BCUT2D eigenvalue weighted by molar-refractivity contribution is 5.94. The number of hydrogen-bond acceptors (Lipinski definition) is 9. The molecule has 1 aliphatic rings. The first kappa shape index (κ1) is 31.6. The second kappa shape index (κ2) is 12.9. The van der Waals surface area contributed by atoms with Crippen LogP contribution in [0.2, 0.25) is 0 Å². The third-order valence-electron chi connectivity index (χ3n) is 7.12. The zero-order chi connectivity index (χ0) is 31.5. The topological polar surface area (TPSA) is 121 Å². The van der Waals surface area contributed by atoms with Crippen LogP contribution >= 0.6 is 0 Å². The SMILES string of the molecule is CCOC(=O)c1cn(Cc2ccc(OC)cc2OC)c2nc(N3CCC(NC(=O)OC(C)(C)C)C3)c(F)c(CC)c2c1=O. The highest BCUT2D eigenvalue weighted by atomic mass is 19.1. The molecule has 3 aromatic rings. The molecule has 0 spiro atoms. The number of aromatic nitrogens is 2. The van der Waals surface area contributed by atoms with Crippen LogP contribution in [0.5, 0.6) is 11.5 Å². The highest BCUT2D eigenvalue weighted by Gasteiger charge is 2.31. The van der Waals surface area contributed by atoms with Crippen LogP contribution in [0.4, 0.5) is 15.0 Å². The van der Waals surface area contributed by atoms with Crippen LogP contribution in [-0.2, 0) is 22.4 Å². The highest BCUT2D eigenvalue weighted by Crippen LogP contribution is 2.31. The Balaban J connectivity index is 1.84. The number of pyridine rings is 2. The molecule has 1 saturated heterocycles. The zero-order valence-corrected chi connectivity index (χ0v) is 25.7. The lowest BCUT2D eigenvalue weighted by atomic mass is 10.0. The Labute approximate surface area is 249 Å². The molecule has 1 aliphatic heterocycles. The Kier molecular flexibility index (Phi) is 9.46. The van der Waals surface area contributed by atoms with Gasteiger partial charge in [-0.3, -0.25) is 4.79 Å². The van der Waals surface area contributed by atoms with Crippen LogP contribution < -0.4 is 25.1 Å². The molecule has 1 N–H and O–H groups in total. The fourth-order valence-electron chi connectivity index (χ4n) is 5.17. The molecule has 0 bridgehead atoms. The van der Waals surface area contributed by atoms with Crippen molar-refractivity contribution in [2.75, 3.05) is 38.8 Å².